The van der Waals surface area contributed by atoms with Crippen molar-refractivity contribution in [3.63, 3.8) is 0 Å². The maximum Gasteiger partial charge on any atom is 0.166 e. The molecule has 0 atom stereocenters. The van der Waals surface area contributed by atoms with Crippen molar-refractivity contribution in [1.82, 2.24) is 0 Å². The Kier molecular flexibility index (Phi) is 2.12. The Hall–Kier alpha value is -1.57. The highest BCUT2D eigenvalue weighted by Gasteiger charge is 2.20. The van der Waals surface area contributed by atoms with Crippen LogP contribution in [-0.4, -0.2) is 12.3 Å². The van der Waals surface area contributed by atoms with Gasteiger partial charge in [-0.25, -0.2) is 0 Å². The van der Waals surface area contributed by atoms with Gasteiger partial charge in [-0.2, -0.15) is 0 Å². The molecule has 0 saturated carbocycles. The highest BCUT2D eigenvalue weighted by molar-refractivity contribution is 6.03. The summed E-state index contributed by atoms with van der Waals surface area (Å²) in [7, 11) is 0. The summed E-state index contributed by atoms with van der Waals surface area (Å²) in [5.41, 5.74) is 2.95. The molecule has 1 aliphatic rings. The van der Waals surface area contributed by atoms with Crippen LogP contribution in [0, 0.1) is 6.92 Å². The zero-order chi connectivity index (χ0) is 10.1. The van der Waals surface area contributed by atoms with Gasteiger partial charge in [0.15, 0.2) is 5.78 Å². The predicted molar refractivity (Wildman–Crippen MR) is 57.7 cm³/mol. The number of nitrogens with zero attached hydrogens (tertiary/aromatic N) is 1. The number of benzene rings is 1. The minimum atomic E-state index is 0.238. The molecular weight excluding hydrogens is 174 g/mol. The smallest absolute Gasteiger partial charge is 0.166 e. The first-order chi connectivity index (χ1) is 6.72. The van der Waals surface area contributed by atoms with Gasteiger partial charge in [0.25, 0.3) is 0 Å². The van der Waals surface area contributed by atoms with Crippen LogP contribution in [0.3, 0.4) is 0 Å². The van der Waals surface area contributed by atoms with Crippen LogP contribution in [0.4, 0.5) is 5.69 Å². The Morgan fingerprint density at radius 2 is 2.29 bits per heavy atom. The summed E-state index contributed by atoms with van der Waals surface area (Å²) in [4.78, 5) is 13.7. The topological polar surface area (TPSA) is 20.3 Å². The molecule has 14 heavy (non-hydrogen) atoms. The molecule has 0 spiro atoms. The Morgan fingerprint density at radius 3 is 3.00 bits per heavy atom. The number of hydrogen-bond donors (Lipinski definition) is 0. The standard InChI is InChI=1S/C12H13NO/c1-3-13-7-6-12(14)10-8-9(2)4-5-11(10)13/h3-5,8H,1,6-7H2,2H3. The van der Waals surface area contributed by atoms with Gasteiger partial charge in [0, 0.05) is 18.5 Å². The number of anilines is 1. The van der Waals surface area contributed by atoms with E-state index in [1.165, 1.54) is 0 Å². The fraction of sp³-hybridized carbons (Fsp3) is 0.250. The molecule has 0 unspecified atom stereocenters. The van der Waals surface area contributed by atoms with Crippen LogP contribution in [-0.2, 0) is 0 Å². The zero-order valence-corrected chi connectivity index (χ0v) is 8.29. The number of ketones is 1. The number of carbonyl (C=O) groups is 1. The van der Waals surface area contributed by atoms with Gasteiger partial charge in [-0.3, -0.25) is 4.79 Å². The van der Waals surface area contributed by atoms with Crippen molar-refractivity contribution >= 4 is 11.5 Å². The van der Waals surface area contributed by atoms with Crippen LogP contribution in [0.1, 0.15) is 22.3 Å². The number of hydrogen-bond acceptors (Lipinski definition) is 2. The first-order valence-electron chi connectivity index (χ1n) is 4.75. The molecule has 0 amide bonds. The summed E-state index contributed by atoms with van der Waals surface area (Å²) in [5, 5.41) is 0. The van der Waals surface area contributed by atoms with Crippen LogP contribution in [0.2, 0.25) is 0 Å². The Bertz CT molecular complexity index is 395. The molecule has 1 aliphatic heterocycles. The molecule has 0 aromatic heterocycles. The largest absolute Gasteiger partial charge is 0.348 e. The molecule has 0 saturated heterocycles. The molecule has 0 radical (unpaired) electrons. The van der Waals surface area contributed by atoms with Gasteiger partial charge in [0.2, 0.25) is 0 Å². The Labute approximate surface area is 83.8 Å². The minimum Gasteiger partial charge on any atom is -0.348 e. The van der Waals surface area contributed by atoms with Crippen molar-refractivity contribution in [3.05, 3.63) is 42.1 Å². The quantitative estimate of drug-likeness (QED) is 0.673. The molecule has 0 bridgehead atoms. The zero-order valence-electron chi connectivity index (χ0n) is 8.29. The van der Waals surface area contributed by atoms with E-state index in [1.807, 2.05) is 30.0 Å². The van der Waals surface area contributed by atoms with Gasteiger partial charge in [0.1, 0.15) is 0 Å². The SMILES string of the molecule is C=CN1CCC(=O)c2cc(C)ccc21. The molecule has 1 heterocycles. The van der Waals surface area contributed by atoms with E-state index in [0.717, 1.165) is 23.4 Å². The van der Waals surface area contributed by atoms with Gasteiger partial charge >= 0.3 is 0 Å². The average molecular weight is 187 g/mol. The molecule has 0 aliphatic carbocycles. The number of rotatable bonds is 1. The van der Waals surface area contributed by atoms with Gasteiger partial charge in [-0.15, -0.1) is 0 Å². The number of Topliss-reactive ketones (excluding diaryl/α,β-unsaturated/α-hetero) is 1. The second-order valence-electron chi connectivity index (χ2n) is 3.57. The van der Waals surface area contributed by atoms with Crippen molar-refractivity contribution in [2.24, 2.45) is 0 Å². The van der Waals surface area contributed by atoms with Gasteiger partial charge in [0.05, 0.1) is 5.69 Å². The number of fused-ring (bicyclic) bond motifs is 1. The Morgan fingerprint density at radius 1 is 1.50 bits per heavy atom. The average Bonchev–Trinajstić information content (AvgIpc) is 2.19. The van der Waals surface area contributed by atoms with Gasteiger partial charge in [-0.1, -0.05) is 18.2 Å². The van der Waals surface area contributed by atoms with Crippen molar-refractivity contribution in [2.75, 3.05) is 11.4 Å². The lowest BCUT2D eigenvalue weighted by molar-refractivity contribution is 0.0981. The highest BCUT2D eigenvalue weighted by Crippen LogP contribution is 2.27. The summed E-state index contributed by atoms with van der Waals surface area (Å²) in [5.74, 6) is 0.238. The van der Waals surface area contributed by atoms with Crippen molar-refractivity contribution in [3.8, 4) is 0 Å². The van der Waals surface area contributed by atoms with Gasteiger partial charge < -0.3 is 4.90 Å². The van der Waals surface area contributed by atoms with Crippen molar-refractivity contribution in [2.45, 2.75) is 13.3 Å². The van der Waals surface area contributed by atoms with E-state index in [0.29, 0.717) is 6.42 Å². The second kappa shape index (κ2) is 3.29. The van der Waals surface area contributed by atoms with E-state index in [4.69, 9.17) is 0 Å². The summed E-state index contributed by atoms with van der Waals surface area (Å²) < 4.78 is 0. The van der Waals surface area contributed by atoms with Gasteiger partial charge in [-0.05, 0) is 25.3 Å². The molecule has 0 N–H and O–H groups in total. The monoisotopic (exact) mass is 187 g/mol. The summed E-state index contributed by atoms with van der Waals surface area (Å²) in [6.07, 6.45) is 2.36. The van der Waals surface area contributed by atoms with E-state index in [1.54, 1.807) is 6.20 Å². The minimum absolute atomic E-state index is 0.238. The Balaban J connectivity index is 2.56. The molecule has 0 fully saturated rings. The number of aryl methyl sites for hydroxylation is 1. The maximum absolute atomic E-state index is 11.6. The van der Waals surface area contributed by atoms with Crippen LogP contribution < -0.4 is 4.90 Å². The van der Waals surface area contributed by atoms with E-state index < -0.39 is 0 Å². The third-order valence-electron chi connectivity index (χ3n) is 2.56. The predicted octanol–water partition coefficient (Wildman–Crippen LogP) is 2.53. The van der Waals surface area contributed by atoms with Crippen LogP contribution in [0.5, 0.6) is 0 Å². The number of carbonyl (C=O) groups excluding carboxylic acids is 1. The maximum atomic E-state index is 11.6. The summed E-state index contributed by atoms with van der Waals surface area (Å²) in [6, 6.07) is 5.96. The van der Waals surface area contributed by atoms with E-state index >= 15 is 0 Å². The molecule has 1 aromatic rings. The fourth-order valence-electron chi connectivity index (χ4n) is 1.79. The molecule has 1 aromatic carbocycles. The molecule has 2 heteroatoms. The molecule has 72 valence electrons. The third-order valence-corrected chi connectivity index (χ3v) is 2.56. The lowest BCUT2D eigenvalue weighted by Crippen LogP contribution is -2.27. The highest BCUT2D eigenvalue weighted by atomic mass is 16.1. The second-order valence-corrected chi connectivity index (χ2v) is 3.57. The fourth-order valence-corrected chi connectivity index (χ4v) is 1.79. The molecule has 2 nitrogen and oxygen atoms in total. The summed E-state index contributed by atoms with van der Waals surface area (Å²) in [6.45, 7) is 6.49. The van der Waals surface area contributed by atoms with Crippen molar-refractivity contribution < 1.29 is 4.79 Å². The lowest BCUT2D eigenvalue weighted by atomic mass is 9.99. The molecular formula is C12H13NO. The normalized spacial score (nSPS) is 15.2. The van der Waals surface area contributed by atoms with Crippen LogP contribution >= 0.6 is 0 Å². The lowest BCUT2D eigenvalue weighted by Gasteiger charge is -2.27. The summed E-state index contributed by atoms with van der Waals surface area (Å²) >= 11 is 0. The van der Waals surface area contributed by atoms with E-state index in [9.17, 15) is 4.79 Å². The van der Waals surface area contributed by atoms with Crippen molar-refractivity contribution in [1.29, 1.82) is 0 Å². The first-order valence-corrected chi connectivity index (χ1v) is 4.75. The van der Waals surface area contributed by atoms with E-state index in [2.05, 4.69) is 6.58 Å². The molecule has 2 rings (SSSR count). The van der Waals surface area contributed by atoms with Crippen LogP contribution in [0.25, 0.3) is 0 Å². The van der Waals surface area contributed by atoms with E-state index in [-0.39, 0.29) is 5.78 Å². The third kappa shape index (κ3) is 1.33. The first kappa shape index (κ1) is 9.00. The van der Waals surface area contributed by atoms with Crippen LogP contribution in [0.15, 0.2) is 31.0 Å².